The minimum Gasteiger partial charge on any atom is -0.321 e. The van der Waals surface area contributed by atoms with Crippen LogP contribution in [0, 0.1) is 0 Å². The van der Waals surface area contributed by atoms with E-state index in [9.17, 15) is 8.78 Å². The van der Waals surface area contributed by atoms with Crippen molar-refractivity contribution in [3.8, 4) is 0 Å². The maximum atomic E-state index is 13.1. The van der Waals surface area contributed by atoms with E-state index in [2.05, 4.69) is 0 Å². The summed E-state index contributed by atoms with van der Waals surface area (Å²) in [6, 6.07) is 5.01. The molecule has 1 nitrogen and oxygen atoms in total. The second-order valence-electron chi connectivity index (χ2n) is 4.64. The van der Waals surface area contributed by atoms with Gasteiger partial charge in [0, 0.05) is 28.4 Å². The first-order chi connectivity index (χ1) is 7.82. The van der Waals surface area contributed by atoms with Crippen LogP contribution in [0.3, 0.4) is 0 Å². The summed E-state index contributed by atoms with van der Waals surface area (Å²) in [5.74, 6) is -2.60. The van der Waals surface area contributed by atoms with Crippen molar-refractivity contribution >= 4 is 23.2 Å². The van der Waals surface area contributed by atoms with Crippen molar-refractivity contribution in [2.75, 3.05) is 0 Å². The zero-order valence-corrected chi connectivity index (χ0v) is 10.7. The van der Waals surface area contributed by atoms with Gasteiger partial charge in [-0.05, 0) is 30.5 Å². The van der Waals surface area contributed by atoms with E-state index in [1.165, 1.54) is 0 Å². The van der Waals surface area contributed by atoms with Gasteiger partial charge in [-0.3, -0.25) is 0 Å². The van der Waals surface area contributed by atoms with Crippen LogP contribution < -0.4 is 5.73 Å². The molecule has 94 valence electrons. The van der Waals surface area contributed by atoms with Crippen molar-refractivity contribution in [3.05, 3.63) is 33.8 Å². The Morgan fingerprint density at radius 3 is 2.18 bits per heavy atom. The molecule has 1 saturated carbocycles. The molecule has 0 atom stereocenters. The summed E-state index contributed by atoms with van der Waals surface area (Å²) in [5, 5.41) is 0.966. The van der Waals surface area contributed by atoms with E-state index in [0.29, 0.717) is 15.6 Å². The van der Waals surface area contributed by atoms with Gasteiger partial charge in [0.1, 0.15) is 0 Å². The number of halogens is 4. The van der Waals surface area contributed by atoms with Crippen LogP contribution >= 0.6 is 23.2 Å². The molecule has 0 amide bonds. The Hall–Kier alpha value is -0.380. The molecule has 0 radical (unpaired) electrons. The molecule has 5 heteroatoms. The quantitative estimate of drug-likeness (QED) is 0.812. The van der Waals surface area contributed by atoms with Gasteiger partial charge in [0.25, 0.3) is 0 Å². The van der Waals surface area contributed by atoms with E-state index >= 15 is 0 Å². The van der Waals surface area contributed by atoms with Crippen LogP contribution in [0.1, 0.15) is 31.2 Å². The Morgan fingerprint density at radius 2 is 1.65 bits per heavy atom. The molecule has 1 aromatic rings. The van der Waals surface area contributed by atoms with Crippen LogP contribution in [-0.4, -0.2) is 5.92 Å². The molecule has 0 aliphatic heterocycles. The number of hydrogen-bond acceptors (Lipinski definition) is 1. The number of rotatable bonds is 1. The molecule has 0 heterocycles. The average Bonchev–Trinajstić information content (AvgIpc) is 2.23. The maximum Gasteiger partial charge on any atom is 0.248 e. The minimum absolute atomic E-state index is 0.192. The smallest absolute Gasteiger partial charge is 0.248 e. The summed E-state index contributed by atoms with van der Waals surface area (Å²) in [6.45, 7) is 0. The first kappa shape index (κ1) is 13.1. The zero-order chi connectivity index (χ0) is 12.7. The van der Waals surface area contributed by atoms with Crippen molar-refractivity contribution in [2.45, 2.75) is 37.1 Å². The van der Waals surface area contributed by atoms with E-state index in [1.807, 2.05) is 0 Å². The molecule has 0 bridgehead atoms. The van der Waals surface area contributed by atoms with Gasteiger partial charge in [0.15, 0.2) is 0 Å². The highest BCUT2D eigenvalue weighted by Gasteiger charge is 2.42. The average molecular weight is 280 g/mol. The van der Waals surface area contributed by atoms with Gasteiger partial charge in [0.05, 0.1) is 0 Å². The Kier molecular flexibility index (Phi) is 3.36. The minimum atomic E-state index is -2.60. The third kappa shape index (κ3) is 2.72. The fourth-order valence-corrected chi connectivity index (χ4v) is 2.82. The van der Waals surface area contributed by atoms with Crippen molar-refractivity contribution < 1.29 is 8.78 Å². The Labute approximate surface area is 109 Å². The Morgan fingerprint density at radius 1 is 1.06 bits per heavy atom. The van der Waals surface area contributed by atoms with Crippen molar-refractivity contribution in [1.29, 1.82) is 0 Å². The predicted octanol–water partition coefficient (Wildman–Crippen LogP) is 4.36. The molecule has 0 aromatic heterocycles. The Bertz CT molecular complexity index is 425. The number of nitrogens with two attached hydrogens (primary N) is 1. The van der Waals surface area contributed by atoms with E-state index in [-0.39, 0.29) is 25.7 Å². The second-order valence-corrected chi connectivity index (χ2v) is 5.48. The highest BCUT2D eigenvalue weighted by Crippen LogP contribution is 2.44. The first-order valence-electron chi connectivity index (χ1n) is 5.45. The normalized spacial score (nSPS) is 22.4. The molecule has 17 heavy (non-hydrogen) atoms. The molecular formula is C12H13Cl2F2N. The molecule has 1 aliphatic rings. The van der Waals surface area contributed by atoms with Crippen molar-refractivity contribution in [2.24, 2.45) is 5.73 Å². The second kappa shape index (κ2) is 4.38. The molecule has 0 saturated heterocycles. The summed E-state index contributed by atoms with van der Waals surface area (Å²) in [4.78, 5) is 0. The van der Waals surface area contributed by atoms with E-state index in [4.69, 9.17) is 28.9 Å². The predicted molar refractivity (Wildman–Crippen MR) is 65.7 cm³/mol. The molecule has 0 unspecified atom stereocenters. The van der Waals surface area contributed by atoms with Gasteiger partial charge in [-0.15, -0.1) is 0 Å². The molecular weight excluding hydrogens is 267 g/mol. The van der Waals surface area contributed by atoms with Crippen LogP contribution in [0.5, 0.6) is 0 Å². The lowest BCUT2D eigenvalue weighted by molar-refractivity contribution is -0.0513. The molecule has 2 N–H and O–H groups in total. The highest BCUT2D eigenvalue weighted by molar-refractivity contribution is 6.35. The van der Waals surface area contributed by atoms with Crippen LogP contribution in [0.4, 0.5) is 8.78 Å². The van der Waals surface area contributed by atoms with Gasteiger partial charge >= 0.3 is 0 Å². The molecule has 2 rings (SSSR count). The third-order valence-corrected chi connectivity index (χ3v) is 3.89. The molecule has 1 fully saturated rings. The lowest BCUT2D eigenvalue weighted by Gasteiger charge is -2.38. The van der Waals surface area contributed by atoms with Crippen LogP contribution in [0.15, 0.2) is 18.2 Å². The molecule has 1 aliphatic carbocycles. The Balaban J connectivity index is 2.27. The van der Waals surface area contributed by atoms with Gasteiger partial charge in [-0.1, -0.05) is 29.3 Å². The number of benzene rings is 1. The standard InChI is InChI=1S/C12H13Cl2F2N/c13-8-1-2-9(10(14)7-8)11(17)3-5-12(15,16)6-4-11/h1-2,7H,3-6,17H2. The van der Waals surface area contributed by atoms with Crippen molar-refractivity contribution in [3.63, 3.8) is 0 Å². The summed E-state index contributed by atoms with van der Waals surface area (Å²) in [7, 11) is 0. The lowest BCUT2D eigenvalue weighted by atomic mass is 9.76. The topological polar surface area (TPSA) is 26.0 Å². The number of alkyl halides is 2. The van der Waals surface area contributed by atoms with Gasteiger partial charge in [0.2, 0.25) is 5.92 Å². The van der Waals surface area contributed by atoms with Gasteiger partial charge in [-0.2, -0.15) is 0 Å². The lowest BCUT2D eigenvalue weighted by Crippen LogP contribution is -2.43. The summed E-state index contributed by atoms with van der Waals surface area (Å²) in [6.07, 6.45) is 0.0909. The third-order valence-electron chi connectivity index (χ3n) is 3.34. The fraction of sp³-hybridized carbons (Fsp3) is 0.500. The largest absolute Gasteiger partial charge is 0.321 e. The summed E-state index contributed by atoms with van der Waals surface area (Å²) in [5.41, 5.74) is 6.14. The first-order valence-corrected chi connectivity index (χ1v) is 6.20. The van der Waals surface area contributed by atoms with Crippen LogP contribution in [0.2, 0.25) is 10.0 Å². The van der Waals surface area contributed by atoms with Crippen LogP contribution in [-0.2, 0) is 5.54 Å². The highest BCUT2D eigenvalue weighted by atomic mass is 35.5. The van der Waals surface area contributed by atoms with Crippen molar-refractivity contribution in [1.82, 2.24) is 0 Å². The summed E-state index contributed by atoms with van der Waals surface area (Å²) >= 11 is 11.9. The number of hydrogen-bond donors (Lipinski definition) is 1. The maximum absolute atomic E-state index is 13.1. The van der Waals surface area contributed by atoms with Gasteiger partial charge in [-0.25, -0.2) is 8.78 Å². The molecule has 1 aromatic carbocycles. The summed E-state index contributed by atoms with van der Waals surface area (Å²) < 4.78 is 26.2. The zero-order valence-electron chi connectivity index (χ0n) is 9.15. The van der Waals surface area contributed by atoms with Gasteiger partial charge < -0.3 is 5.73 Å². The fourth-order valence-electron chi connectivity index (χ4n) is 2.22. The molecule has 0 spiro atoms. The van der Waals surface area contributed by atoms with E-state index in [1.54, 1.807) is 18.2 Å². The van der Waals surface area contributed by atoms with E-state index < -0.39 is 11.5 Å². The SMILES string of the molecule is NC1(c2ccc(Cl)cc2Cl)CCC(F)(F)CC1. The van der Waals surface area contributed by atoms with E-state index in [0.717, 1.165) is 0 Å². The monoisotopic (exact) mass is 279 g/mol. The van der Waals surface area contributed by atoms with Crippen LogP contribution in [0.25, 0.3) is 0 Å².